The Balaban J connectivity index is 2.44. The fourth-order valence-corrected chi connectivity index (χ4v) is 1.97. The Bertz CT molecular complexity index is 262. The van der Waals surface area contributed by atoms with Gasteiger partial charge in [-0.25, -0.2) is 0 Å². The minimum absolute atomic E-state index is 1.18. The van der Waals surface area contributed by atoms with Gasteiger partial charge >= 0.3 is 0 Å². The molecule has 0 aliphatic heterocycles. The van der Waals surface area contributed by atoms with Crippen LogP contribution in [0.2, 0.25) is 0 Å². The number of benzene rings is 1. The predicted molar refractivity (Wildman–Crippen MR) is 67.1 cm³/mol. The van der Waals surface area contributed by atoms with E-state index in [2.05, 4.69) is 32.0 Å². The third-order valence-electron chi connectivity index (χ3n) is 2.84. The summed E-state index contributed by atoms with van der Waals surface area (Å²) >= 11 is 0. The topological polar surface area (TPSA) is 0 Å². The van der Waals surface area contributed by atoms with Gasteiger partial charge in [0.2, 0.25) is 0 Å². The summed E-state index contributed by atoms with van der Waals surface area (Å²) in [6.45, 7) is 4.50. The number of hydrogen-bond donors (Lipinski definition) is 0. The van der Waals surface area contributed by atoms with Crippen LogP contribution in [0.5, 0.6) is 0 Å². The average molecular weight is 203 g/mol. The van der Waals surface area contributed by atoms with Crippen molar-refractivity contribution in [2.45, 2.75) is 58.8 Å². The van der Waals surface area contributed by atoms with E-state index in [4.69, 9.17) is 0 Å². The molecule has 1 aromatic carbocycles. The molecule has 0 unspecified atom stereocenters. The second kappa shape index (κ2) is 7.50. The van der Waals surface area contributed by atoms with Gasteiger partial charge < -0.3 is 0 Å². The molecule has 0 saturated heterocycles. The molecule has 15 heavy (non-hydrogen) atoms. The summed E-state index contributed by atoms with van der Waals surface area (Å²) in [5.74, 6) is 0. The summed E-state index contributed by atoms with van der Waals surface area (Å²) in [6.07, 6.45) is 9.06. The molecule has 1 aromatic rings. The minimum atomic E-state index is 1.18. The van der Waals surface area contributed by atoms with Crippen LogP contribution in [0.3, 0.4) is 0 Å². The van der Waals surface area contributed by atoms with E-state index in [1.807, 2.05) is 6.07 Å². The molecule has 0 amide bonds. The van der Waals surface area contributed by atoms with Crippen LogP contribution in [0.25, 0.3) is 0 Å². The van der Waals surface area contributed by atoms with Crippen LogP contribution in [-0.2, 0) is 12.8 Å². The van der Waals surface area contributed by atoms with Crippen molar-refractivity contribution in [3.63, 3.8) is 0 Å². The lowest BCUT2D eigenvalue weighted by Crippen LogP contribution is -1.94. The molecular weight excluding hydrogens is 180 g/mol. The van der Waals surface area contributed by atoms with E-state index in [0.717, 1.165) is 0 Å². The fourth-order valence-electron chi connectivity index (χ4n) is 1.97. The summed E-state index contributed by atoms with van der Waals surface area (Å²) < 4.78 is 0. The number of unbranched alkanes of at least 4 members (excludes halogenated alkanes) is 3. The zero-order chi connectivity index (χ0) is 10.9. The predicted octanol–water partition coefficient (Wildman–Crippen LogP) is 4.56. The third-order valence-corrected chi connectivity index (χ3v) is 2.84. The highest BCUT2D eigenvalue weighted by Crippen LogP contribution is 2.14. The fraction of sp³-hybridized carbons (Fsp3) is 0.600. The minimum Gasteiger partial charge on any atom is -0.0654 e. The van der Waals surface area contributed by atoms with Crippen LogP contribution in [0.4, 0.5) is 0 Å². The van der Waals surface area contributed by atoms with Crippen molar-refractivity contribution in [1.82, 2.24) is 0 Å². The van der Waals surface area contributed by atoms with Gasteiger partial charge in [0.25, 0.3) is 0 Å². The zero-order valence-corrected chi connectivity index (χ0v) is 10.2. The highest BCUT2D eigenvalue weighted by molar-refractivity contribution is 5.26. The lowest BCUT2D eigenvalue weighted by Gasteiger charge is -2.07. The molecule has 0 bridgehead atoms. The van der Waals surface area contributed by atoms with Gasteiger partial charge in [-0.3, -0.25) is 0 Å². The van der Waals surface area contributed by atoms with Crippen LogP contribution >= 0.6 is 0 Å². The molecule has 0 spiro atoms. The highest BCUT2D eigenvalue weighted by atomic mass is 14.1. The molecule has 0 aliphatic carbocycles. The standard InChI is InChI=1S/C15H23/c1-3-5-6-7-11-15-13-9-8-12-14(15)10-4-2/h8-9,13H,3-7,10-11H2,1-2H3. The molecule has 0 nitrogen and oxygen atoms in total. The first-order chi connectivity index (χ1) is 7.38. The van der Waals surface area contributed by atoms with Gasteiger partial charge in [-0.15, -0.1) is 0 Å². The van der Waals surface area contributed by atoms with Crippen molar-refractivity contribution in [2.24, 2.45) is 0 Å². The van der Waals surface area contributed by atoms with Gasteiger partial charge in [0.1, 0.15) is 0 Å². The first-order valence-electron chi connectivity index (χ1n) is 6.37. The van der Waals surface area contributed by atoms with E-state index in [9.17, 15) is 0 Å². The van der Waals surface area contributed by atoms with Crippen molar-refractivity contribution in [3.8, 4) is 0 Å². The van der Waals surface area contributed by atoms with Gasteiger partial charge in [-0.05, 0) is 36.5 Å². The van der Waals surface area contributed by atoms with Crippen molar-refractivity contribution >= 4 is 0 Å². The van der Waals surface area contributed by atoms with Crippen LogP contribution < -0.4 is 0 Å². The second-order valence-corrected chi connectivity index (χ2v) is 4.23. The Kier molecular flexibility index (Phi) is 6.15. The summed E-state index contributed by atoms with van der Waals surface area (Å²) in [6, 6.07) is 9.81. The molecule has 83 valence electrons. The van der Waals surface area contributed by atoms with Crippen molar-refractivity contribution in [2.75, 3.05) is 0 Å². The van der Waals surface area contributed by atoms with Gasteiger partial charge in [-0.2, -0.15) is 0 Å². The molecule has 0 aliphatic rings. The van der Waals surface area contributed by atoms with Gasteiger partial charge in [-0.1, -0.05) is 57.7 Å². The first kappa shape index (κ1) is 12.3. The highest BCUT2D eigenvalue weighted by Gasteiger charge is 2.00. The van der Waals surface area contributed by atoms with E-state index in [0.29, 0.717) is 0 Å². The van der Waals surface area contributed by atoms with Crippen LogP contribution in [0.15, 0.2) is 18.2 Å². The van der Waals surface area contributed by atoms with Crippen molar-refractivity contribution in [3.05, 3.63) is 35.4 Å². The van der Waals surface area contributed by atoms with E-state index in [-0.39, 0.29) is 0 Å². The van der Waals surface area contributed by atoms with E-state index >= 15 is 0 Å². The van der Waals surface area contributed by atoms with Crippen LogP contribution in [0.1, 0.15) is 57.1 Å². The molecular formula is C15H23. The summed E-state index contributed by atoms with van der Waals surface area (Å²) in [7, 11) is 0. The molecule has 0 heterocycles. The third kappa shape index (κ3) is 4.51. The Morgan fingerprint density at radius 3 is 2.60 bits per heavy atom. The second-order valence-electron chi connectivity index (χ2n) is 4.23. The molecule has 1 radical (unpaired) electrons. The molecule has 0 N–H and O–H groups in total. The lowest BCUT2D eigenvalue weighted by molar-refractivity contribution is 0.664. The maximum atomic E-state index is 3.38. The van der Waals surface area contributed by atoms with E-state index in [1.54, 1.807) is 0 Å². The molecule has 0 atom stereocenters. The smallest absolute Gasteiger partial charge is 0.0146 e. The SMILES string of the molecule is CCCCCCc1ccc[c]c1CCC. The average Bonchev–Trinajstić information content (AvgIpc) is 2.27. The van der Waals surface area contributed by atoms with E-state index < -0.39 is 0 Å². The molecule has 0 aromatic heterocycles. The van der Waals surface area contributed by atoms with Crippen LogP contribution in [-0.4, -0.2) is 0 Å². The normalized spacial score (nSPS) is 10.5. The molecule has 0 heteroatoms. The molecule has 0 saturated carbocycles. The lowest BCUT2D eigenvalue weighted by atomic mass is 9.98. The largest absolute Gasteiger partial charge is 0.0654 e. The zero-order valence-electron chi connectivity index (χ0n) is 10.2. The number of hydrogen-bond acceptors (Lipinski definition) is 0. The van der Waals surface area contributed by atoms with Gasteiger partial charge in [0, 0.05) is 0 Å². The maximum absolute atomic E-state index is 3.38. The molecule has 0 fully saturated rings. The van der Waals surface area contributed by atoms with Gasteiger partial charge in [0.05, 0.1) is 0 Å². The van der Waals surface area contributed by atoms with E-state index in [1.165, 1.54) is 56.1 Å². The van der Waals surface area contributed by atoms with Gasteiger partial charge in [0.15, 0.2) is 0 Å². The Hall–Kier alpha value is -0.780. The number of aryl methyl sites for hydroxylation is 2. The molecule has 1 rings (SSSR count). The Morgan fingerprint density at radius 2 is 1.87 bits per heavy atom. The first-order valence-corrected chi connectivity index (χ1v) is 6.37. The van der Waals surface area contributed by atoms with Crippen molar-refractivity contribution < 1.29 is 0 Å². The Labute approximate surface area is 94.7 Å². The quantitative estimate of drug-likeness (QED) is 0.570. The monoisotopic (exact) mass is 203 g/mol. The van der Waals surface area contributed by atoms with Crippen molar-refractivity contribution in [1.29, 1.82) is 0 Å². The summed E-state index contributed by atoms with van der Waals surface area (Å²) in [4.78, 5) is 0. The summed E-state index contributed by atoms with van der Waals surface area (Å²) in [5.41, 5.74) is 2.96. The number of rotatable bonds is 7. The summed E-state index contributed by atoms with van der Waals surface area (Å²) in [5, 5.41) is 0. The Morgan fingerprint density at radius 1 is 1.00 bits per heavy atom. The maximum Gasteiger partial charge on any atom is -0.0146 e. The van der Waals surface area contributed by atoms with Crippen LogP contribution in [0, 0.1) is 6.07 Å².